The number of hydrogen-bond donors (Lipinski definition) is 2. The molecule has 0 aromatic heterocycles. The standard InChI is InChI=1S/C20H26N2O3S/c1-20(2,17-8-4-3-5-9-17)15-19(23)22-14-6-7-16-10-12-18(13-11-16)26(21,24)25/h3-5,8-13H,6-7,14-15H2,1-2H3,(H,22,23)(H2,21,24,25). The van der Waals surface area contributed by atoms with Crippen LogP contribution in [0.5, 0.6) is 0 Å². The van der Waals surface area contributed by atoms with Gasteiger partial charge in [-0.05, 0) is 41.5 Å². The number of nitrogens with two attached hydrogens (primary N) is 1. The lowest BCUT2D eigenvalue weighted by atomic mass is 9.81. The van der Waals surface area contributed by atoms with Gasteiger partial charge in [0.1, 0.15) is 0 Å². The summed E-state index contributed by atoms with van der Waals surface area (Å²) in [5.74, 6) is 0.0310. The molecule has 5 nitrogen and oxygen atoms in total. The zero-order valence-corrected chi connectivity index (χ0v) is 16.1. The molecule has 0 unspecified atom stereocenters. The highest BCUT2D eigenvalue weighted by molar-refractivity contribution is 7.89. The van der Waals surface area contributed by atoms with Crippen molar-refractivity contribution in [1.82, 2.24) is 5.32 Å². The van der Waals surface area contributed by atoms with E-state index in [-0.39, 0.29) is 16.2 Å². The number of carbonyl (C=O) groups excluding carboxylic acids is 1. The maximum atomic E-state index is 12.2. The maximum Gasteiger partial charge on any atom is 0.238 e. The first-order chi connectivity index (χ1) is 12.2. The molecular formula is C20H26N2O3S. The summed E-state index contributed by atoms with van der Waals surface area (Å²) in [7, 11) is -3.65. The van der Waals surface area contributed by atoms with Crippen LogP contribution in [0, 0.1) is 0 Å². The Morgan fingerprint density at radius 2 is 1.65 bits per heavy atom. The van der Waals surface area contributed by atoms with Crippen molar-refractivity contribution >= 4 is 15.9 Å². The molecule has 140 valence electrons. The first kappa shape index (κ1) is 20.1. The minimum Gasteiger partial charge on any atom is -0.356 e. The largest absolute Gasteiger partial charge is 0.356 e. The summed E-state index contributed by atoms with van der Waals surface area (Å²) < 4.78 is 22.5. The highest BCUT2D eigenvalue weighted by Gasteiger charge is 2.23. The van der Waals surface area contributed by atoms with Crippen molar-refractivity contribution in [3.8, 4) is 0 Å². The number of benzene rings is 2. The SMILES string of the molecule is CC(C)(CC(=O)NCCCc1ccc(S(N)(=O)=O)cc1)c1ccccc1. The van der Waals surface area contributed by atoms with Crippen LogP contribution in [-0.2, 0) is 26.7 Å². The van der Waals surface area contributed by atoms with Crippen LogP contribution in [0.2, 0.25) is 0 Å². The molecule has 2 rings (SSSR count). The van der Waals surface area contributed by atoms with E-state index < -0.39 is 10.0 Å². The molecule has 0 bridgehead atoms. The Morgan fingerprint density at radius 1 is 1.04 bits per heavy atom. The lowest BCUT2D eigenvalue weighted by molar-refractivity contribution is -0.122. The Hall–Kier alpha value is -2.18. The summed E-state index contributed by atoms with van der Waals surface area (Å²) in [4.78, 5) is 12.3. The van der Waals surface area contributed by atoms with E-state index in [1.54, 1.807) is 12.1 Å². The van der Waals surface area contributed by atoms with Gasteiger partial charge in [-0.2, -0.15) is 0 Å². The summed E-state index contributed by atoms with van der Waals surface area (Å²) >= 11 is 0. The summed E-state index contributed by atoms with van der Waals surface area (Å²) in [6.45, 7) is 4.71. The number of sulfonamides is 1. The van der Waals surface area contributed by atoms with Crippen molar-refractivity contribution in [2.45, 2.75) is 43.4 Å². The number of hydrogen-bond acceptors (Lipinski definition) is 3. The van der Waals surface area contributed by atoms with E-state index in [0.717, 1.165) is 24.0 Å². The van der Waals surface area contributed by atoms with Crippen LogP contribution in [0.15, 0.2) is 59.5 Å². The van der Waals surface area contributed by atoms with E-state index in [1.165, 1.54) is 12.1 Å². The maximum absolute atomic E-state index is 12.2. The quantitative estimate of drug-likeness (QED) is 0.696. The van der Waals surface area contributed by atoms with Crippen LogP contribution >= 0.6 is 0 Å². The molecule has 6 heteroatoms. The van der Waals surface area contributed by atoms with Crippen molar-refractivity contribution in [2.75, 3.05) is 6.54 Å². The first-order valence-corrected chi connectivity index (χ1v) is 10.2. The van der Waals surface area contributed by atoms with Gasteiger partial charge in [0.2, 0.25) is 15.9 Å². The van der Waals surface area contributed by atoms with E-state index in [1.807, 2.05) is 30.3 Å². The van der Waals surface area contributed by atoms with E-state index in [0.29, 0.717) is 13.0 Å². The highest BCUT2D eigenvalue weighted by atomic mass is 32.2. The van der Waals surface area contributed by atoms with Crippen molar-refractivity contribution in [2.24, 2.45) is 5.14 Å². The van der Waals surface area contributed by atoms with Crippen molar-refractivity contribution in [3.05, 3.63) is 65.7 Å². The van der Waals surface area contributed by atoms with Crippen LogP contribution in [0.3, 0.4) is 0 Å². The molecule has 0 saturated carbocycles. The number of amides is 1. The number of aryl methyl sites for hydroxylation is 1. The fourth-order valence-corrected chi connectivity index (χ4v) is 3.34. The normalized spacial score (nSPS) is 12.0. The molecule has 1 amide bonds. The third-order valence-corrected chi connectivity index (χ3v) is 5.30. The molecule has 2 aromatic carbocycles. The highest BCUT2D eigenvalue weighted by Crippen LogP contribution is 2.26. The zero-order valence-electron chi connectivity index (χ0n) is 15.2. The van der Waals surface area contributed by atoms with E-state index in [9.17, 15) is 13.2 Å². The second-order valence-electron chi connectivity index (χ2n) is 7.07. The average Bonchev–Trinajstić information content (AvgIpc) is 2.59. The van der Waals surface area contributed by atoms with Crippen molar-refractivity contribution in [3.63, 3.8) is 0 Å². The van der Waals surface area contributed by atoms with Gasteiger partial charge in [-0.3, -0.25) is 4.79 Å². The van der Waals surface area contributed by atoms with Gasteiger partial charge in [0, 0.05) is 13.0 Å². The molecule has 3 N–H and O–H groups in total. The minimum atomic E-state index is -3.65. The van der Waals surface area contributed by atoms with Gasteiger partial charge < -0.3 is 5.32 Å². The Morgan fingerprint density at radius 3 is 2.23 bits per heavy atom. The third kappa shape index (κ3) is 5.97. The van der Waals surface area contributed by atoms with Crippen LogP contribution in [0.1, 0.15) is 37.8 Å². The lowest BCUT2D eigenvalue weighted by Gasteiger charge is -2.24. The Labute approximate surface area is 155 Å². The van der Waals surface area contributed by atoms with Gasteiger partial charge in [-0.15, -0.1) is 0 Å². The molecule has 0 aliphatic heterocycles. The number of rotatable bonds is 8. The van der Waals surface area contributed by atoms with Crippen LogP contribution < -0.4 is 10.5 Å². The second kappa shape index (κ2) is 8.47. The van der Waals surface area contributed by atoms with E-state index >= 15 is 0 Å². The molecule has 0 atom stereocenters. The van der Waals surface area contributed by atoms with Gasteiger partial charge in [-0.25, -0.2) is 13.6 Å². The Bertz CT molecular complexity index is 829. The average molecular weight is 375 g/mol. The molecule has 0 aliphatic carbocycles. The molecule has 26 heavy (non-hydrogen) atoms. The van der Waals surface area contributed by atoms with Gasteiger partial charge in [0.25, 0.3) is 0 Å². The fourth-order valence-electron chi connectivity index (χ4n) is 2.82. The molecule has 0 fully saturated rings. The summed E-state index contributed by atoms with van der Waals surface area (Å²) in [6, 6.07) is 16.5. The first-order valence-electron chi connectivity index (χ1n) is 8.62. The van der Waals surface area contributed by atoms with Crippen LogP contribution in [0.4, 0.5) is 0 Å². The van der Waals surface area contributed by atoms with Crippen molar-refractivity contribution < 1.29 is 13.2 Å². The Kier molecular flexibility index (Phi) is 6.56. The zero-order chi connectivity index (χ0) is 19.2. The van der Waals surface area contributed by atoms with E-state index in [2.05, 4.69) is 19.2 Å². The van der Waals surface area contributed by atoms with Gasteiger partial charge in [-0.1, -0.05) is 56.3 Å². The Balaban J connectivity index is 1.76. The molecule has 0 saturated heterocycles. The lowest BCUT2D eigenvalue weighted by Crippen LogP contribution is -2.31. The summed E-state index contributed by atoms with van der Waals surface area (Å²) in [5.41, 5.74) is 1.94. The predicted octanol–water partition coefficient (Wildman–Crippen LogP) is 2.75. The number of nitrogens with one attached hydrogen (secondary N) is 1. The minimum absolute atomic E-state index is 0.0310. The van der Waals surface area contributed by atoms with Crippen LogP contribution in [0.25, 0.3) is 0 Å². The van der Waals surface area contributed by atoms with Crippen LogP contribution in [-0.4, -0.2) is 20.9 Å². The predicted molar refractivity (Wildman–Crippen MR) is 103 cm³/mol. The summed E-state index contributed by atoms with van der Waals surface area (Å²) in [5, 5.41) is 8.04. The molecule has 2 aromatic rings. The molecule has 0 aliphatic rings. The molecule has 0 spiro atoms. The fraction of sp³-hybridized carbons (Fsp3) is 0.350. The van der Waals surface area contributed by atoms with Crippen molar-refractivity contribution in [1.29, 1.82) is 0 Å². The number of carbonyl (C=O) groups is 1. The third-order valence-electron chi connectivity index (χ3n) is 4.37. The van der Waals surface area contributed by atoms with Gasteiger partial charge in [0.15, 0.2) is 0 Å². The van der Waals surface area contributed by atoms with Gasteiger partial charge in [0.05, 0.1) is 4.90 Å². The molecule has 0 radical (unpaired) electrons. The van der Waals surface area contributed by atoms with Gasteiger partial charge >= 0.3 is 0 Å². The van der Waals surface area contributed by atoms with E-state index in [4.69, 9.17) is 5.14 Å². The monoisotopic (exact) mass is 374 g/mol. The second-order valence-corrected chi connectivity index (χ2v) is 8.63. The smallest absolute Gasteiger partial charge is 0.238 e. The topological polar surface area (TPSA) is 89.3 Å². The summed E-state index contributed by atoms with van der Waals surface area (Å²) in [6.07, 6.45) is 1.97. The molecule has 0 heterocycles. The molecular weight excluding hydrogens is 348 g/mol. The number of primary sulfonamides is 1.